The Balaban J connectivity index is 2.25. The summed E-state index contributed by atoms with van der Waals surface area (Å²) in [5.74, 6) is 2.02. The number of aryl methyl sites for hydroxylation is 1. The summed E-state index contributed by atoms with van der Waals surface area (Å²) in [5.41, 5.74) is 1.20. The number of benzene rings is 1. The molecule has 0 fully saturated rings. The first kappa shape index (κ1) is 14.6. The number of hydrogen-bond acceptors (Lipinski definition) is 3. The van der Waals surface area contributed by atoms with Gasteiger partial charge in [0.1, 0.15) is 11.6 Å². The Kier molecular flexibility index (Phi) is 5.18. The number of likely N-dealkylation sites (N-methyl/N-ethyl adjacent to an activating group) is 1. The molecule has 0 radical (unpaired) electrons. The van der Waals surface area contributed by atoms with E-state index in [0.717, 1.165) is 31.1 Å². The maximum Gasteiger partial charge on any atom is 0.126 e. The van der Waals surface area contributed by atoms with Crippen molar-refractivity contribution in [1.29, 1.82) is 0 Å². The molecule has 0 saturated carbocycles. The van der Waals surface area contributed by atoms with Crippen molar-refractivity contribution in [2.75, 3.05) is 13.7 Å². The normalized spacial score (nSPS) is 12.3. The Morgan fingerprint density at radius 3 is 2.80 bits per heavy atom. The van der Waals surface area contributed by atoms with E-state index in [-0.39, 0.29) is 6.04 Å². The summed E-state index contributed by atoms with van der Waals surface area (Å²) >= 11 is 0. The van der Waals surface area contributed by atoms with Gasteiger partial charge in [-0.2, -0.15) is 0 Å². The highest BCUT2D eigenvalue weighted by molar-refractivity contribution is 5.34. The van der Waals surface area contributed by atoms with E-state index in [4.69, 9.17) is 4.74 Å². The van der Waals surface area contributed by atoms with Crippen molar-refractivity contribution in [3.63, 3.8) is 0 Å². The quantitative estimate of drug-likeness (QED) is 0.843. The third kappa shape index (κ3) is 3.20. The van der Waals surface area contributed by atoms with Gasteiger partial charge in [-0.3, -0.25) is 0 Å². The van der Waals surface area contributed by atoms with Gasteiger partial charge in [0.25, 0.3) is 0 Å². The number of aromatic nitrogens is 2. The van der Waals surface area contributed by atoms with Crippen LogP contribution in [0.15, 0.2) is 36.7 Å². The van der Waals surface area contributed by atoms with Crippen LogP contribution in [0.1, 0.15) is 31.3 Å². The number of rotatable bonds is 7. The van der Waals surface area contributed by atoms with Crippen LogP contribution in [0.2, 0.25) is 0 Å². The number of para-hydroxylation sites is 1. The molecule has 0 aliphatic carbocycles. The van der Waals surface area contributed by atoms with Gasteiger partial charge in [0.05, 0.1) is 13.2 Å². The predicted octanol–water partition coefficient (Wildman–Crippen LogP) is 2.80. The lowest BCUT2D eigenvalue weighted by molar-refractivity contribution is 0.403. The molecule has 0 aliphatic rings. The molecular weight excluding hydrogens is 250 g/mol. The second-order valence-corrected chi connectivity index (χ2v) is 4.70. The molecule has 2 aromatic rings. The van der Waals surface area contributed by atoms with Crippen LogP contribution in [-0.4, -0.2) is 23.2 Å². The highest BCUT2D eigenvalue weighted by Crippen LogP contribution is 2.24. The van der Waals surface area contributed by atoms with Crippen molar-refractivity contribution in [2.45, 2.75) is 32.9 Å². The number of nitrogens with zero attached hydrogens (tertiary/aromatic N) is 2. The summed E-state index contributed by atoms with van der Waals surface area (Å²) in [6.07, 6.45) is 4.77. The van der Waals surface area contributed by atoms with Crippen LogP contribution >= 0.6 is 0 Å². The Bertz CT molecular complexity index is 536. The third-order valence-corrected chi connectivity index (χ3v) is 3.47. The fourth-order valence-electron chi connectivity index (χ4n) is 2.49. The predicted molar refractivity (Wildman–Crippen MR) is 81.0 cm³/mol. The van der Waals surface area contributed by atoms with Crippen LogP contribution in [0.5, 0.6) is 5.75 Å². The van der Waals surface area contributed by atoms with Crippen LogP contribution in [0, 0.1) is 0 Å². The maximum atomic E-state index is 5.44. The lowest BCUT2D eigenvalue weighted by Crippen LogP contribution is -2.26. The Morgan fingerprint density at radius 2 is 2.10 bits per heavy atom. The van der Waals surface area contributed by atoms with E-state index in [0.29, 0.717) is 0 Å². The fraction of sp³-hybridized carbons (Fsp3) is 0.438. The highest BCUT2D eigenvalue weighted by Gasteiger charge is 2.17. The molecule has 0 bridgehead atoms. The van der Waals surface area contributed by atoms with Crippen LogP contribution < -0.4 is 10.1 Å². The van der Waals surface area contributed by atoms with E-state index in [1.54, 1.807) is 7.11 Å². The number of hydrogen-bond donors (Lipinski definition) is 1. The van der Waals surface area contributed by atoms with Gasteiger partial charge in [-0.15, -0.1) is 0 Å². The topological polar surface area (TPSA) is 39.1 Å². The molecule has 1 atom stereocenters. The van der Waals surface area contributed by atoms with Crippen molar-refractivity contribution in [1.82, 2.24) is 14.9 Å². The Hall–Kier alpha value is -1.81. The van der Waals surface area contributed by atoms with E-state index in [9.17, 15) is 0 Å². The summed E-state index contributed by atoms with van der Waals surface area (Å²) < 4.78 is 7.63. The molecule has 1 aromatic heterocycles. The molecule has 1 aromatic carbocycles. The average molecular weight is 273 g/mol. The number of nitrogens with one attached hydrogen (secondary N) is 1. The second-order valence-electron chi connectivity index (χ2n) is 4.70. The van der Waals surface area contributed by atoms with Crippen molar-refractivity contribution in [3.8, 4) is 5.75 Å². The van der Waals surface area contributed by atoms with Crippen molar-refractivity contribution >= 4 is 0 Å². The first-order valence-electron chi connectivity index (χ1n) is 7.16. The minimum Gasteiger partial charge on any atom is -0.496 e. The molecule has 2 rings (SSSR count). The summed E-state index contributed by atoms with van der Waals surface area (Å²) in [4.78, 5) is 4.52. The smallest absolute Gasteiger partial charge is 0.126 e. The Morgan fingerprint density at radius 1 is 1.30 bits per heavy atom. The van der Waals surface area contributed by atoms with Gasteiger partial charge >= 0.3 is 0 Å². The zero-order chi connectivity index (χ0) is 14.4. The van der Waals surface area contributed by atoms with E-state index in [1.807, 2.05) is 30.6 Å². The Labute approximate surface area is 120 Å². The van der Waals surface area contributed by atoms with E-state index >= 15 is 0 Å². The molecule has 4 heteroatoms. The second kappa shape index (κ2) is 7.10. The van der Waals surface area contributed by atoms with Crippen molar-refractivity contribution < 1.29 is 4.74 Å². The molecule has 0 aliphatic heterocycles. The van der Waals surface area contributed by atoms with E-state index < -0.39 is 0 Å². The minimum atomic E-state index is 0.200. The largest absolute Gasteiger partial charge is 0.496 e. The molecule has 0 spiro atoms. The maximum absolute atomic E-state index is 5.44. The minimum absolute atomic E-state index is 0.200. The zero-order valence-electron chi connectivity index (χ0n) is 12.5. The van der Waals surface area contributed by atoms with E-state index in [1.165, 1.54) is 5.56 Å². The highest BCUT2D eigenvalue weighted by atomic mass is 16.5. The molecule has 1 N–H and O–H groups in total. The lowest BCUT2D eigenvalue weighted by atomic mass is 10.0. The molecule has 0 saturated heterocycles. The first-order chi connectivity index (χ1) is 9.80. The molecule has 1 heterocycles. The fourth-order valence-corrected chi connectivity index (χ4v) is 2.49. The van der Waals surface area contributed by atoms with Crippen LogP contribution in [0.25, 0.3) is 0 Å². The molecular formula is C16H23N3O. The van der Waals surface area contributed by atoms with Gasteiger partial charge < -0.3 is 14.6 Å². The molecule has 20 heavy (non-hydrogen) atoms. The molecule has 108 valence electrons. The van der Waals surface area contributed by atoms with E-state index in [2.05, 4.69) is 34.8 Å². The van der Waals surface area contributed by atoms with Gasteiger partial charge in [-0.25, -0.2) is 4.98 Å². The zero-order valence-corrected chi connectivity index (χ0v) is 12.5. The summed E-state index contributed by atoms with van der Waals surface area (Å²) in [6.45, 7) is 6.10. The molecule has 4 nitrogen and oxygen atoms in total. The number of ether oxygens (including phenoxy) is 1. The first-order valence-corrected chi connectivity index (χ1v) is 7.16. The molecule has 0 amide bonds. The van der Waals surface area contributed by atoms with Gasteiger partial charge in [0.15, 0.2) is 0 Å². The summed E-state index contributed by atoms with van der Waals surface area (Å²) in [7, 11) is 1.72. The number of methoxy groups -OCH3 is 1. The van der Waals surface area contributed by atoms with Gasteiger partial charge in [0.2, 0.25) is 0 Å². The summed E-state index contributed by atoms with van der Waals surface area (Å²) in [6, 6.07) is 8.36. The SMILES string of the molecule is CCNC(Cc1ccccc1OC)c1nccn1CC. The van der Waals surface area contributed by atoms with Crippen LogP contribution in [0.4, 0.5) is 0 Å². The standard InChI is InChI=1S/C16H23N3O/c1-4-17-14(16-18-10-11-19(16)5-2)12-13-8-6-7-9-15(13)20-3/h6-11,14,17H,4-5,12H2,1-3H3. The summed E-state index contributed by atoms with van der Waals surface area (Å²) in [5, 5.41) is 3.52. The van der Waals surface area contributed by atoms with Gasteiger partial charge in [0, 0.05) is 18.9 Å². The molecule has 1 unspecified atom stereocenters. The number of imidazole rings is 1. The third-order valence-electron chi connectivity index (χ3n) is 3.47. The van der Waals surface area contributed by atoms with Gasteiger partial charge in [-0.1, -0.05) is 25.1 Å². The monoisotopic (exact) mass is 273 g/mol. The van der Waals surface area contributed by atoms with Crippen molar-refractivity contribution in [2.24, 2.45) is 0 Å². The lowest BCUT2D eigenvalue weighted by Gasteiger charge is -2.20. The van der Waals surface area contributed by atoms with Crippen LogP contribution in [0.3, 0.4) is 0 Å². The van der Waals surface area contributed by atoms with Crippen LogP contribution in [-0.2, 0) is 13.0 Å². The van der Waals surface area contributed by atoms with Gasteiger partial charge in [-0.05, 0) is 31.5 Å². The van der Waals surface area contributed by atoms with Crippen molar-refractivity contribution in [3.05, 3.63) is 48.0 Å². The average Bonchev–Trinajstić information content (AvgIpc) is 2.95.